The predicted octanol–water partition coefficient (Wildman–Crippen LogP) is 4.90. The fraction of sp³-hybridized carbons (Fsp3) is 0.391. The summed E-state index contributed by atoms with van der Waals surface area (Å²) in [6, 6.07) is 7.79. The van der Waals surface area contributed by atoms with Gasteiger partial charge in [0, 0.05) is 35.9 Å². The van der Waals surface area contributed by atoms with Crippen molar-refractivity contribution in [2.45, 2.75) is 37.5 Å². The van der Waals surface area contributed by atoms with Gasteiger partial charge in [-0.25, -0.2) is 4.39 Å². The number of nitrogens with zero attached hydrogens (tertiary/aromatic N) is 4. The molecule has 1 saturated carbocycles. The number of hydrogen-bond donors (Lipinski definition) is 0. The van der Waals surface area contributed by atoms with Crippen molar-refractivity contribution < 1.29 is 13.7 Å². The quantitative estimate of drug-likeness (QED) is 0.564. The third kappa shape index (κ3) is 4.06. The lowest BCUT2D eigenvalue weighted by Gasteiger charge is -2.40. The summed E-state index contributed by atoms with van der Waals surface area (Å²) < 4.78 is 19.8. The summed E-state index contributed by atoms with van der Waals surface area (Å²) in [5, 5.41) is 4.68. The normalized spacial score (nSPS) is 18.2. The molecule has 3 aromatic rings. The molecule has 5 rings (SSSR count). The summed E-state index contributed by atoms with van der Waals surface area (Å²) in [5.74, 6) is 0.928. The minimum atomic E-state index is -0.552. The van der Waals surface area contributed by atoms with Crippen molar-refractivity contribution in [1.29, 1.82) is 0 Å². The van der Waals surface area contributed by atoms with Crippen LogP contribution in [0, 0.1) is 11.7 Å². The molecule has 8 heteroatoms. The Morgan fingerprint density at radius 2 is 2.06 bits per heavy atom. The van der Waals surface area contributed by atoms with E-state index >= 15 is 0 Å². The van der Waals surface area contributed by atoms with E-state index in [9.17, 15) is 9.18 Å². The maximum atomic E-state index is 14.2. The highest BCUT2D eigenvalue weighted by Gasteiger charge is 2.45. The lowest BCUT2D eigenvalue weighted by molar-refractivity contribution is 0.0641. The van der Waals surface area contributed by atoms with E-state index in [2.05, 4.69) is 10.1 Å². The molecule has 0 unspecified atom stereocenters. The topological polar surface area (TPSA) is 72.1 Å². The average molecular weight is 441 g/mol. The number of pyridine rings is 1. The van der Waals surface area contributed by atoms with Crippen LogP contribution in [0.1, 0.15) is 48.3 Å². The van der Waals surface area contributed by atoms with Crippen LogP contribution < -0.4 is 0 Å². The molecule has 3 heterocycles. The van der Waals surface area contributed by atoms with E-state index in [-0.39, 0.29) is 16.9 Å². The minimum Gasteiger partial charge on any atom is -0.338 e. The highest BCUT2D eigenvalue weighted by molar-refractivity contribution is 6.31. The van der Waals surface area contributed by atoms with Gasteiger partial charge < -0.3 is 9.42 Å². The standard InChI is InChI=1S/C23H22ClFN4O2/c24-17-5-6-19(25)18(12-17)21(30)29-10-7-23(8-11-29,13-15-3-4-15)22-27-20(31-28-22)16-2-1-9-26-14-16/h1-2,5-6,9,12,14-15H,3-4,7-8,10-11,13H2. The molecule has 1 aliphatic carbocycles. The van der Waals surface area contributed by atoms with Crippen LogP contribution in [0.25, 0.3) is 11.5 Å². The van der Waals surface area contributed by atoms with Gasteiger partial charge >= 0.3 is 0 Å². The van der Waals surface area contributed by atoms with Crippen molar-refractivity contribution in [2.24, 2.45) is 5.92 Å². The first-order valence-corrected chi connectivity index (χ1v) is 10.9. The monoisotopic (exact) mass is 440 g/mol. The Morgan fingerprint density at radius 1 is 1.26 bits per heavy atom. The number of aromatic nitrogens is 3. The van der Waals surface area contributed by atoms with Crippen LogP contribution in [0.4, 0.5) is 4.39 Å². The Balaban J connectivity index is 1.37. The largest absolute Gasteiger partial charge is 0.338 e. The molecule has 1 saturated heterocycles. The lowest BCUT2D eigenvalue weighted by atomic mass is 9.73. The fourth-order valence-electron chi connectivity index (χ4n) is 4.41. The molecule has 1 aliphatic heterocycles. The molecule has 2 aliphatic rings. The first-order chi connectivity index (χ1) is 15.0. The van der Waals surface area contributed by atoms with E-state index < -0.39 is 5.82 Å². The molecule has 31 heavy (non-hydrogen) atoms. The molecule has 1 aromatic carbocycles. The molecule has 2 aromatic heterocycles. The van der Waals surface area contributed by atoms with E-state index in [1.165, 1.54) is 31.0 Å². The molecule has 2 fully saturated rings. The smallest absolute Gasteiger partial charge is 0.259 e. The van der Waals surface area contributed by atoms with Crippen LogP contribution in [-0.2, 0) is 5.41 Å². The highest BCUT2D eigenvalue weighted by atomic mass is 35.5. The van der Waals surface area contributed by atoms with E-state index in [4.69, 9.17) is 21.1 Å². The fourth-order valence-corrected chi connectivity index (χ4v) is 4.58. The molecule has 0 bridgehead atoms. The SMILES string of the molecule is O=C(c1cc(Cl)ccc1F)N1CCC(CC2CC2)(c2noc(-c3cccnc3)n2)CC1. The maximum absolute atomic E-state index is 14.2. The summed E-state index contributed by atoms with van der Waals surface area (Å²) >= 11 is 5.97. The molecule has 160 valence electrons. The van der Waals surface area contributed by atoms with Crippen LogP contribution in [-0.4, -0.2) is 39.0 Å². The number of hydrogen-bond acceptors (Lipinski definition) is 5. The van der Waals surface area contributed by atoms with Gasteiger partial charge in [0.1, 0.15) is 5.82 Å². The molecule has 0 spiro atoms. The first kappa shape index (κ1) is 20.1. The number of carbonyl (C=O) groups excluding carboxylic acids is 1. The second kappa shape index (κ2) is 8.04. The average Bonchev–Trinajstić information content (AvgIpc) is 3.46. The van der Waals surface area contributed by atoms with E-state index in [0.717, 1.165) is 12.0 Å². The third-order valence-corrected chi connectivity index (χ3v) is 6.59. The van der Waals surface area contributed by atoms with Gasteiger partial charge in [0.2, 0.25) is 0 Å². The Hall–Kier alpha value is -2.80. The molecule has 0 atom stereocenters. The van der Waals surface area contributed by atoms with Crippen molar-refractivity contribution in [3.63, 3.8) is 0 Å². The lowest BCUT2D eigenvalue weighted by Crippen LogP contribution is -2.46. The maximum Gasteiger partial charge on any atom is 0.259 e. The molecular formula is C23H22ClFN4O2. The van der Waals surface area contributed by atoms with Crippen molar-refractivity contribution in [1.82, 2.24) is 20.0 Å². The molecular weight excluding hydrogens is 419 g/mol. The van der Waals surface area contributed by atoms with Crippen molar-refractivity contribution >= 4 is 17.5 Å². The summed E-state index contributed by atoms with van der Waals surface area (Å²) in [6.45, 7) is 1.02. The molecule has 0 N–H and O–H groups in total. The van der Waals surface area contributed by atoms with Gasteiger partial charge in [-0.2, -0.15) is 4.98 Å². The van der Waals surface area contributed by atoms with E-state index in [1.54, 1.807) is 17.3 Å². The third-order valence-electron chi connectivity index (χ3n) is 6.35. The summed E-state index contributed by atoms with van der Waals surface area (Å²) in [7, 11) is 0. The number of amides is 1. The number of likely N-dealkylation sites (tertiary alicyclic amines) is 1. The number of benzene rings is 1. The van der Waals surface area contributed by atoms with Gasteiger partial charge in [-0.15, -0.1) is 0 Å². The summed E-state index contributed by atoms with van der Waals surface area (Å²) in [5.41, 5.74) is 0.557. The van der Waals surface area contributed by atoms with Crippen LogP contribution in [0.15, 0.2) is 47.2 Å². The summed E-state index contributed by atoms with van der Waals surface area (Å²) in [6.07, 6.45) is 8.23. The zero-order chi connectivity index (χ0) is 21.4. The Labute approximate surface area is 184 Å². The van der Waals surface area contributed by atoms with Gasteiger partial charge in [0.15, 0.2) is 5.82 Å². The molecule has 1 amide bonds. The van der Waals surface area contributed by atoms with Crippen LogP contribution >= 0.6 is 11.6 Å². The van der Waals surface area contributed by atoms with Crippen molar-refractivity contribution in [3.05, 3.63) is 65.0 Å². The number of halogens is 2. The van der Waals surface area contributed by atoms with Gasteiger partial charge in [-0.3, -0.25) is 9.78 Å². The minimum absolute atomic E-state index is 0.0145. The number of rotatable bonds is 5. The Kier molecular flexibility index (Phi) is 5.22. The number of carbonyl (C=O) groups is 1. The zero-order valence-corrected chi connectivity index (χ0v) is 17.7. The van der Waals surface area contributed by atoms with Crippen LogP contribution in [0.2, 0.25) is 5.02 Å². The Bertz CT molecular complexity index is 1090. The summed E-state index contributed by atoms with van der Waals surface area (Å²) in [4.78, 5) is 23.4. The number of piperidine rings is 1. The second-order valence-corrected chi connectivity index (χ2v) is 8.95. The predicted molar refractivity (Wildman–Crippen MR) is 113 cm³/mol. The molecule has 6 nitrogen and oxygen atoms in total. The second-order valence-electron chi connectivity index (χ2n) is 8.51. The van der Waals surface area contributed by atoms with Gasteiger partial charge in [0.25, 0.3) is 11.8 Å². The first-order valence-electron chi connectivity index (χ1n) is 10.5. The van der Waals surface area contributed by atoms with E-state index in [0.29, 0.717) is 48.6 Å². The highest BCUT2D eigenvalue weighted by Crippen LogP contribution is 2.47. The zero-order valence-electron chi connectivity index (χ0n) is 16.9. The van der Waals surface area contributed by atoms with E-state index in [1.807, 2.05) is 12.1 Å². The van der Waals surface area contributed by atoms with Gasteiger partial charge in [-0.05, 0) is 55.5 Å². The van der Waals surface area contributed by atoms with Crippen LogP contribution in [0.3, 0.4) is 0 Å². The Morgan fingerprint density at radius 3 is 2.77 bits per heavy atom. The van der Waals surface area contributed by atoms with Crippen molar-refractivity contribution in [2.75, 3.05) is 13.1 Å². The molecule has 0 radical (unpaired) electrons. The van der Waals surface area contributed by atoms with Gasteiger partial charge in [-0.1, -0.05) is 29.6 Å². The van der Waals surface area contributed by atoms with Crippen LogP contribution in [0.5, 0.6) is 0 Å². The van der Waals surface area contributed by atoms with Gasteiger partial charge in [0.05, 0.1) is 11.1 Å². The van der Waals surface area contributed by atoms with Crippen molar-refractivity contribution in [3.8, 4) is 11.5 Å².